The van der Waals surface area contributed by atoms with Crippen molar-refractivity contribution >= 4 is 18.9 Å². The van der Waals surface area contributed by atoms with Gasteiger partial charge in [-0.3, -0.25) is 0 Å². The van der Waals surface area contributed by atoms with E-state index >= 15 is 0 Å². The Morgan fingerprint density at radius 3 is 1.10 bits per heavy atom. The van der Waals surface area contributed by atoms with E-state index in [0.717, 1.165) is 0 Å². The van der Waals surface area contributed by atoms with Gasteiger partial charge in [-0.05, 0) is 20.8 Å². The summed E-state index contributed by atoms with van der Waals surface area (Å²) < 4.78 is 0. The van der Waals surface area contributed by atoms with Gasteiger partial charge in [-0.2, -0.15) is 0 Å². The van der Waals surface area contributed by atoms with Gasteiger partial charge in [0.15, 0.2) is 0 Å². The molecule has 0 N–H and O–H groups in total. The normalized spacial score (nSPS) is 8.70. The molecule has 0 aliphatic rings. The summed E-state index contributed by atoms with van der Waals surface area (Å²) in [6.07, 6.45) is 0. The maximum Gasteiger partial charge on any atom is 0 e. The van der Waals surface area contributed by atoms with Crippen LogP contribution in [-0.2, 0) is 0 Å². The maximum atomic E-state index is 2.19. The second-order valence-corrected chi connectivity index (χ2v) is 2.67. The molecule has 0 spiro atoms. The molecular weight excluding hydrogens is 115 g/mol. The predicted octanol–water partition coefficient (Wildman–Crippen LogP) is 2.23. The molecule has 0 bridgehead atoms. The Labute approximate surface area is 74.8 Å². The van der Waals surface area contributed by atoms with E-state index in [-0.39, 0.29) is 18.9 Å². The number of hydrogen-bond acceptors (Lipinski definition) is 0. The fourth-order valence-electron chi connectivity index (χ4n) is 1.20. The zero-order valence-corrected chi connectivity index (χ0v) is 7.23. The molecule has 0 saturated heterocycles. The van der Waals surface area contributed by atoms with Crippen molar-refractivity contribution in [3.05, 3.63) is 34.9 Å². The summed E-state index contributed by atoms with van der Waals surface area (Å²) in [5, 5.41) is 0. The summed E-state index contributed by atoms with van der Waals surface area (Å²) in [4.78, 5) is 0. The molecule has 0 atom stereocenters. The molecule has 1 heteroatoms. The van der Waals surface area contributed by atoms with Crippen LogP contribution in [0, 0.1) is 20.8 Å². The Bertz CT molecular complexity index is 165. The molecule has 1 aromatic carbocycles. The van der Waals surface area contributed by atoms with Crippen molar-refractivity contribution in [2.45, 2.75) is 20.8 Å². The van der Waals surface area contributed by atoms with Crippen molar-refractivity contribution in [1.29, 1.82) is 0 Å². The summed E-state index contributed by atoms with van der Waals surface area (Å²) in [6.45, 7) is 6.38. The van der Waals surface area contributed by atoms with Crippen LogP contribution >= 0.6 is 0 Å². The number of aryl methyl sites for hydroxylation is 3. The van der Waals surface area contributed by atoms with Crippen LogP contribution in [0.2, 0.25) is 0 Å². The number of benzene rings is 1. The van der Waals surface area contributed by atoms with Crippen molar-refractivity contribution in [2.75, 3.05) is 0 Å². The molecule has 0 heterocycles. The molecule has 0 amide bonds. The first kappa shape index (κ1) is 9.82. The van der Waals surface area contributed by atoms with Crippen LogP contribution in [0.4, 0.5) is 0 Å². The molecule has 1 aromatic rings. The number of rotatable bonds is 0. The fourth-order valence-corrected chi connectivity index (χ4v) is 1.20. The van der Waals surface area contributed by atoms with Crippen molar-refractivity contribution < 1.29 is 0 Å². The number of hydrogen-bond donors (Lipinski definition) is 0. The van der Waals surface area contributed by atoms with Crippen LogP contribution in [0.5, 0.6) is 0 Å². The van der Waals surface area contributed by atoms with E-state index in [9.17, 15) is 0 Å². The Morgan fingerprint density at radius 2 is 0.900 bits per heavy atom. The Hall–Kier alpha value is -0.183. The van der Waals surface area contributed by atoms with Crippen molar-refractivity contribution in [1.82, 2.24) is 0 Å². The van der Waals surface area contributed by atoms with Crippen LogP contribution in [0.3, 0.4) is 0 Å². The Balaban J connectivity index is 0.000000810. The van der Waals surface area contributed by atoms with Gasteiger partial charge in [0, 0.05) is 18.9 Å². The third kappa shape index (κ3) is 2.60. The minimum Gasteiger partial charge on any atom is -0.0564 e. The van der Waals surface area contributed by atoms with Crippen LogP contribution in [-0.4, -0.2) is 18.9 Å². The summed E-state index contributed by atoms with van der Waals surface area (Å²) in [5.74, 6) is 0. The van der Waals surface area contributed by atoms with E-state index in [1.807, 2.05) is 0 Å². The van der Waals surface area contributed by atoms with Gasteiger partial charge in [-0.15, -0.1) is 0 Å². The van der Waals surface area contributed by atoms with E-state index in [2.05, 4.69) is 39.0 Å². The molecule has 1 rings (SSSR count). The van der Waals surface area contributed by atoms with Gasteiger partial charge < -0.3 is 0 Å². The second-order valence-electron chi connectivity index (χ2n) is 2.67. The SMILES string of the molecule is Cc1cc(C)cc(C)c1.[Li]. The Morgan fingerprint density at radius 1 is 0.700 bits per heavy atom. The zero-order valence-electron chi connectivity index (χ0n) is 7.23. The average Bonchev–Trinajstić information content (AvgIpc) is 1.59. The van der Waals surface area contributed by atoms with Gasteiger partial charge in [-0.1, -0.05) is 34.9 Å². The molecule has 1 radical (unpaired) electrons. The first-order valence-corrected chi connectivity index (χ1v) is 3.23. The molecule has 0 aliphatic heterocycles. The second kappa shape index (κ2) is 3.86. The van der Waals surface area contributed by atoms with Gasteiger partial charge in [0.05, 0.1) is 0 Å². The molecule has 0 fully saturated rings. The molecule has 0 aromatic heterocycles. The Kier molecular flexibility index (Phi) is 3.79. The predicted molar refractivity (Wildman–Crippen MR) is 46.4 cm³/mol. The van der Waals surface area contributed by atoms with Crippen LogP contribution in [0.25, 0.3) is 0 Å². The molecule has 0 aliphatic carbocycles. The van der Waals surface area contributed by atoms with Gasteiger partial charge in [-0.25, -0.2) is 0 Å². The topological polar surface area (TPSA) is 0 Å². The van der Waals surface area contributed by atoms with Crippen molar-refractivity contribution in [3.63, 3.8) is 0 Å². The first-order chi connectivity index (χ1) is 4.18. The quantitative estimate of drug-likeness (QED) is 0.469. The minimum atomic E-state index is 0. The van der Waals surface area contributed by atoms with Gasteiger partial charge in [0.25, 0.3) is 0 Å². The molecule has 0 saturated carbocycles. The summed E-state index contributed by atoms with van der Waals surface area (Å²) in [6, 6.07) is 6.56. The van der Waals surface area contributed by atoms with Crippen molar-refractivity contribution in [3.8, 4) is 0 Å². The standard InChI is InChI=1S/C9H12.Li/c1-7-4-8(2)6-9(3)5-7;/h4-6H,1-3H3;. The third-order valence-corrected chi connectivity index (χ3v) is 1.37. The van der Waals surface area contributed by atoms with Gasteiger partial charge in [0.2, 0.25) is 0 Å². The van der Waals surface area contributed by atoms with Gasteiger partial charge >= 0.3 is 0 Å². The third-order valence-electron chi connectivity index (χ3n) is 1.37. The molecule has 0 nitrogen and oxygen atoms in total. The molecular formula is C9H12Li. The van der Waals surface area contributed by atoms with Crippen LogP contribution < -0.4 is 0 Å². The summed E-state index contributed by atoms with van der Waals surface area (Å²) >= 11 is 0. The average molecular weight is 127 g/mol. The van der Waals surface area contributed by atoms with E-state index in [1.165, 1.54) is 16.7 Å². The van der Waals surface area contributed by atoms with E-state index in [1.54, 1.807) is 0 Å². The van der Waals surface area contributed by atoms with Crippen LogP contribution in [0.15, 0.2) is 18.2 Å². The summed E-state index contributed by atoms with van der Waals surface area (Å²) in [5.41, 5.74) is 4.06. The van der Waals surface area contributed by atoms with E-state index < -0.39 is 0 Å². The van der Waals surface area contributed by atoms with E-state index in [0.29, 0.717) is 0 Å². The van der Waals surface area contributed by atoms with Crippen molar-refractivity contribution in [2.24, 2.45) is 0 Å². The smallest absolute Gasteiger partial charge is 0 e. The fraction of sp³-hybridized carbons (Fsp3) is 0.333. The largest absolute Gasteiger partial charge is 0.0564 e. The van der Waals surface area contributed by atoms with Crippen LogP contribution in [0.1, 0.15) is 16.7 Å². The first-order valence-electron chi connectivity index (χ1n) is 3.23. The summed E-state index contributed by atoms with van der Waals surface area (Å²) in [7, 11) is 0. The minimum absolute atomic E-state index is 0. The molecule has 49 valence electrons. The monoisotopic (exact) mass is 127 g/mol. The maximum absolute atomic E-state index is 2.19. The van der Waals surface area contributed by atoms with Gasteiger partial charge in [0.1, 0.15) is 0 Å². The molecule has 10 heavy (non-hydrogen) atoms. The zero-order chi connectivity index (χ0) is 6.85. The van der Waals surface area contributed by atoms with E-state index in [4.69, 9.17) is 0 Å². The molecule has 0 unspecified atom stereocenters.